The van der Waals surface area contributed by atoms with E-state index in [0.29, 0.717) is 12.8 Å². The number of primary amides is 1. The van der Waals surface area contributed by atoms with E-state index in [1.807, 2.05) is 12.2 Å². The first-order chi connectivity index (χ1) is 12.6. The summed E-state index contributed by atoms with van der Waals surface area (Å²) in [6.07, 6.45) is 25.7. The predicted octanol–water partition coefficient (Wildman–Crippen LogP) is 7.26. The maximum atomic E-state index is 11.9. The first-order valence-electron chi connectivity index (χ1n) is 10.8. The second-order valence-corrected chi connectivity index (χ2v) is 7.61. The van der Waals surface area contributed by atoms with E-state index in [1.165, 1.54) is 64.2 Å². The molecule has 0 saturated carbocycles. The molecule has 0 aromatic heterocycles. The van der Waals surface area contributed by atoms with Gasteiger partial charge in [-0.3, -0.25) is 4.79 Å². The van der Waals surface area contributed by atoms with Gasteiger partial charge in [0.05, 0.1) is 5.41 Å². The van der Waals surface area contributed by atoms with Crippen molar-refractivity contribution in [2.24, 2.45) is 11.1 Å². The molecule has 150 valence electrons. The molecule has 0 aliphatic heterocycles. The van der Waals surface area contributed by atoms with Gasteiger partial charge >= 0.3 is 0 Å². The molecule has 0 aromatic carbocycles. The molecule has 2 heteroatoms. The monoisotopic (exact) mass is 361 g/mol. The van der Waals surface area contributed by atoms with Gasteiger partial charge in [0, 0.05) is 0 Å². The van der Waals surface area contributed by atoms with E-state index in [9.17, 15) is 4.79 Å². The van der Waals surface area contributed by atoms with Gasteiger partial charge in [0.2, 0.25) is 5.91 Å². The van der Waals surface area contributed by atoms with Crippen molar-refractivity contribution in [2.75, 3.05) is 0 Å². The number of amides is 1. The highest BCUT2D eigenvalue weighted by Gasteiger charge is 2.33. The van der Waals surface area contributed by atoms with Crippen LogP contribution in [-0.2, 0) is 4.79 Å². The third-order valence-electron chi connectivity index (χ3n) is 5.26. The van der Waals surface area contributed by atoms with Crippen molar-refractivity contribution in [1.82, 2.24) is 0 Å². The molecule has 0 radical (unpaired) electrons. The lowest BCUT2D eigenvalue weighted by atomic mass is 9.76. The Kier molecular flexibility index (Phi) is 16.3. The number of nitrogens with two attached hydrogens (primary N) is 1. The molecule has 2 nitrogen and oxygen atoms in total. The fourth-order valence-electron chi connectivity index (χ4n) is 3.52. The lowest BCUT2D eigenvalue weighted by Gasteiger charge is -2.28. The van der Waals surface area contributed by atoms with Gasteiger partial charge in [0.15, 0.2) is 0 Å². The normalized spacial score (nSPS) is 11.7. The van der Waals surface area contributed by atoms with E-state index in [0.717, 1.165) is 19.3 Å². The van der Waals surface area contributed by atoms with E-state index in [4.69, 9.17) is 5.73 Å². The molecular weight excluding hydrogens is 318 g/mol. The highest BCUT2D eigenvalue weighted by Crippen LogP contribution is 2.34. The largest absolute Gasteiger partial charge is 0.369 e. The molecule has 26 heavy (non-hydrogen) atoms. The van der Waals surface area contributed by atoms with Crippen LogP contribution < -0.4 is 5.73 Å². The van der Waals surface area contributed by atoms with Crippen LogP contribution in [0.5, 0.6) is 0 Å². The molecule has 0 bridgehead atoms. The maximum absolute atomic E-state index is 11.9. The van der Waals surface area contributed by atoms with Crippen LogP contribution in [0.3, 0.4) is 0 Å². The molecule has 0 heterocycles. The van der Waals surface area contributed by atoms with Crippen molar-refractivity contribution >= 4 is 5.91 Å². The third-order valence-corrected chi connectivity index (χ3v) is 5.26. The Balaban J connectivity index is 3.72. The minimum Gasteiger partial charge on any atom is -0.369 e. The highest BCUT2D eigenvalue weighted by molar-refractivity contribution is 5.81. The van der Waals surface area contributed by atoms with E-state index in [1.54, 1.807) is 0 Å². The fourth-order valence-corrected chi connectivity index (χ4v) is 3.52. The zero-order valence-electron chi connectivity index (χ0n) is 17.3. The summed E-state index contributed by atoms with van der Waals surface area (Å²) < 4.78 is 0. The van der Waals surface area contributed by atoms with Crippen LogP contribution >= 0.6 is 0 Å². The summed E-state index contributed by atoms with van der Waals surface area (Å²) in [6.45, 7) is 9.82. The SMILES string of the molecule is C=CCC(CC=C)(CCCCCC/C=C\CCCCCCCC)C(N)=O. The first kappa shape index (κ1) is 24.7. The van der Waals surface area contributed by atoms with Crippen molar-refractivity contribution < 1.29 is 4.79 Å². The number of carbonyl (C=O) groups excluding carboxylic acids is 1. The zero-order valence-corrected chi connectivity index (χ0v) is 17.3. The van der Waals surface area contributed by atoms with Crippen molar-refractivity contribution in [3.63, 3.8) is 0 Å². The van der Waals surface area contributed by atoms with Crippen LogP contribution in [-0.4, -0.2) is 5.91 Å². The van der Waals surface area contributed by atoms with Crippen LogP contribution in [0.4, 0.5) is 0 Å². The molecule has 0 spiro atoms. The van der Waals surface area contributed by atoms with Gasteiger partial charge in [0.25, 0.3) is 0 Å². The van der Waals surface area contributed by atoms with E-state index in [2.05, 4.69) is 32.2 Å². The lowest BCUT2D eigenvalue weighted by Crippen LogP contribution is -2.36. The van der Waals surface area contributed by atoms with Crippen LogP contribution in [0, 0.1) is 5.41 Å². The van der Waals surface area contributed by atoms with Crippen molar-refractivity contribution in [3.05, 3.63) is 37.5 Å². The number of carbonyl (C=O) groups is 1. The quantitative estimate of drug-likeness (QED) is 0.191. The van der Waals surface area contributed by atoms with Crippen LogP contribution in [0.25, 0.3) is 0 Å². The number of hydrogen-bond donors (Lipinski definition) is 1. The summed E-state index contributed by atoms with van der Waals surface area (Å²) in [4.78, 5) is 11.9. The average molecular weight is 362 g/mol. The standard InChI is InChI=1S/C24H43NO/c1-4-7-8-9-10-11-12-13-14-15-16-17-18-19-22-24(20-5-2,21-6-3)23(25)26/h5-6,13-14H,2-4,7-12,15-22H2,1H3,(H2,25,26)/b14-13-. The molecule has 0 fully saturated rings. The minimum absolute atomic E-state index is 0.213. The van der Waals surface area contributed by atoms with E-state index in [-0.39, 0.29) is 5.91 Å². The number of hydrogen-bond acceptors (Lipinski definition) is 1. The smallest absolute Gasteiger partial charge is 0.224 e. The summed E-state index contributed by atoms with van der Waals surface area (Å²) in [5, 5.41) is 0. The maximum Gasteiger partial charge on any atom is 0.224 e. The number of unbranched alkanes of at least 4 members (excludes halogenated alkanes) is 10. The molecule has 0 aliphatic rings. The van der Waals surface area contributed by atoms with Gasteiger partial charge in [-0.15, -0.1) is 13.2 Å². The molecule has 0 aromatic rings. The third kappa shape index (κ3) is 12.1. The van der Waals surface area contributed by atoms with Crippen molar-refractivity contribution in [1.29, 1.82) is 0 Å². The molecule has 1 amide bonds. The van der Waals surface area contributed by atoms with Gasteiger partial charge in [-0.25, -0.2) is 0 Å². The summed E-state index contributed by atoms with van der Waals surface area (Å²) >= 11 is 0. The zero-order chi connectivity index (χ0) is 19.5. The highest BCUT2D eigenvalue weighted by atomic mass is 16.1. The van der Waals surface area contributed by atoms with E-state index < -0.39 is 5.41 Å². The Hall–Kier alpha value is -1.31. The second kappa shape index (κ2) is 17.1. The molecule has 0 rings (SSSR count). The molecule has 2 N–H and O–H groups in total. The van der Waals surface area contributed by atoms with Gasteiger partial charge in [-0.2, -0.15) is 0 Å². The second-order valence-electron chi connectivity index (χ2n) is 7.61. The Labute approximate surface area is 163 Å². The van der Waals surface area contributed by atoms with Crippen LogP contribution in [0.2, 0.25) is 0 Å². The van der Waals surface area contributed by atoms with Gasteiger partial charge in [-0.05, 0) is 44.9 Å². The summed E-state index contributed by atoms with van der Waals surface area (Å²) in [5.74, 6) is -0.213. The molecule has 0 atom stereocenters. The molecule has 0 saturated heterocycles. The Bertz CT molecular complexity index is 387. The number of allylic oxidation sites excluding steroid dienone is 4. The Morgan fingerprint density at radius 2 is 1.27 bits per heavy atom. The molecule has 0 unspecified atom stereocenters. The minimum atomic E-state index is -0.472. The summed E-state index contributed by atoms with van der Waals surface area (Å²) in [5.41, 5.74) is 5.18. The first-order valence-corrected chi connectivity index (χ1v) is 10.8. The van der Waals surface area contributed by atoms with Gasteiger partial charge in [-0.1, -0.05) is 82.6 Å². The molecular formula is C24H43NO. The van der Waals surface area contributed by atoms with Crippen molar-refractivity contribution in [3.8, 4) is 0 Å². The summed E-state index contributed by atoms with van der Waals surface area (Å²) in [7, 11) is 0. The number of rotatable bonds is 19. The lowest BCUT2D eigenvalue weighted by molar-refractivity contribution is -0.128. The Morgan fingerprint density at radius 1 is 0.808 bits per heavy atom. The Morgan fingerprint density at radius 3 is 1.73 bits per heavy atom. The van der Waals surface area contributed by atoms with Gasteiger partial charge < -0.3 is 5.73 Å². The molecule has 0 aliphatic carbocycles. The van der Waals surface area contributed by atoms with Gasteiger partial charge in [0.1, 0.15) is 0 Å². The summed E-state index contributed by atoms with van der Waals surface area (Å²) in [6, 6.07) is 0. The topological polar surface area (TPSA) is 43.1 Å². The fraction of sp³-hybridized carbons (Fsp3) is 0.708. The van der Waals surface area contributed by atoms with Crippen LogP contribution in [0.1, 0.15) is 103 Å². The predicted molar refractivity (Wildman–Crippen MR) is 116 cm³/mol. The van der Waals surface area contributed by atoms with Crippen LogP contribution in [0.15, 0.2) is 37.5 Å². The average Bonchev–Trinajstić information content (AvgIpc) is 2.62. The van der Waals surface area contributed by atoms with Crippen molar-refractivity contribution in [2.45, 2.75) is 103 Å². The van der Waals surface area contributed by atoms with E-state index >= 15 is 0 Å².